The van der Waals surface area contributed by atoms with E-state index in [0.717, 1.165) is 38.4 Å². The number of halogens is 3. The fraction of sp³-hybridized carbons (Fsp3) is 0.222. The normalized spacial score (nSPS) is 13.5. The number of aryl methyl sites for hydroxylation is 1. The highest BCUT2D eigenvalue weighted by Crippen LogP contribution is 2.47. The molecule has 2 nitrogen and oxygen atoms in total. The SMILES string of the molecule is Cc1cc(C(C)(C)C)c2c(c1)c1nccc3cc(C(F)(F)F)c4c5ccccc5n2c4c31. The Hall–Kier alpha value is -3.34. The quantitative estimate of drug-likeness (QED) is 0.176. The van der Waals surface area contributed by atoms with Crippen molar-refractivity contribution in [1.29, 1.82) is 0 Å². The lowest BCUT2D eigenvalue weighted by atomic mass is 9.83. The molecule has 0 atom stereocenters. The summed E-state index contributed by atoms with van der Waals surface area (Å²) in [5.74, 6) is 0. The van der Waals surface area contributed by atoms with E-state index in [1.807, 2.05) is 16.5 Å². The zero-order valence-corrected chi connectivity index (χ0v) is 18.2. The number of hydrogen-bond donors (Lipinski definition) is 0. The van der Waals surface area contributed by atoms with Gasteiger partial charge < -0.3 is 4.40 Å². The van der Waals surface area contributed by atoms with Crippen LogP contribution in [0.5, 0.6) is 0 Å². The Bertz CT molecular complexity index is 1700. The summed E-state index contributed by atoms with van der Waals surface area (Å²) in [4.78, 5) is 4.69. The van der Waals surface area contributed by atoms with Gasteiger partial charge in [0, 0.05) is 27.7 Å². The van der Waals surface area contributed by atoms with Gasteiger partial charge in [0.05, 0.1) is 27.6 Å². The van der Waals surface area contributed by atoms with Crippen molar-refractivity contribution < 1.29 is 13.2 Å². The van der Waals surface area contributed by atoms with Gasteiger partial charge in [-0.15, -0.1) is 0 Å². The van der Waals surface area contributed by atoms with Crippen LogP contribution in [0.25, 0.3) is 49.0 Å². The second-order valence-corrected chi connectivity index (χ2v) is 9.71. The van der Waals surface area contributed by atoms with Crippen LogP contribution in [0.3, 0.4) is 0 Å². The number of para-hydroxylation sites is 1. The van der Waals surface area contributed by atoms with Gasteiger partial charge in [0.1, 0.15) is 0 Å². The van der Waals surface area contributed by atoms with Crippen molar-refractivity contribution in [1.82, 2.24) is 9.38 Å². The lowest BCUT2D eigenvalue weighted by Gasteiger charge is -2.24. The van der Waals surface area contributed by atoms with Crippen molar-refractivity contribution in [3.63, 3.8) is 0 Å². The summed E-state index contributed by atoms with van der Waals surface area (Å²) in [6.45, 7) is 8.48. The molecule has 0 bridgehead atoms. The summed E-state index contributed by atoms with van der Waals surface area (Å²) in [5.41, 5.74) is 4.46. The fourth-order valence-electron chi connectivity index (χ4n) is 5.25. The number of hydrogen-bond acceptors (Lipinski definition) is 1. The van der Waals surface area contributed by atoms with Crippen molar-refractivity contribution in [2.24, 2.45) is 0 Å². The molecule has 0 fully saturated rings. The molecule has 0 N–H and O–H groups in total. The molecule has 6 aromatic rings. The van der Waals surface area contributed by atoms with E-state index < -0.39 is 11.7 Å². The van der Waals surface area contributed by atoms with Crippen LogP contribution in [0.4, 0.5) is 13.2 Å². The van der Waals surface area contributed by atoms with E-state index in [2.05, 4.69) is 39.8 Å². The van der Waals surface area contributed by atoms with Crippen LogP contribution in [0.15, 0.2) is 54.7 Å². The third kappa shape index (κ3) is 2.39. The molecule has 3 heterocycles. The number of rotatable bonds is 0. The summed E-state index contributed by atoms with van der Waals surface area (Å²) in [6.07, 6.45) is -2.85. The Morgan fingerprint density at radius 1 is 0.812 bits per heavy atom. The number of alkyl halides is 3. The van der Waals surface area contributed by atoms with Crippen molar-refractivity contribution in [2.75, 3.05) is 0 Å². The maximum Gasteiger partial charge on any atom is 0.417 e. The van der Waals surface area contributed by atoms with Crippen molar-refractivity contribution in [3.8, 4) is 0 Å². The first kappa shape index (κ1) is 19.4. The zero-order chi connectivity index (χ0) is 22.6. The summed E-state index contributed by atoms with van der Waals surface area (Å²) < 4.78 is 44.9. The van der Waals surface area contributed by atoms with Crippen LogP contribution >= 0.6 is 0 Å². The van der Waals surface area contributed by atoms with E-state index in [4.69, 9.17) is 4.98 Å². The minimum absolute atomic E-state index is 0.208. The van der Waals surface area contributed by atoms with E-state index in [9.17, 15) is 13.2 Å². The molecule has 0 aliphatic carbocycles. The number of fused-ring (bicyclic) bond motifs is 6. The van der Waals surface area contributed by atoms with Crippen LogP contribution in [-0.2, 0) is 11.6 Å². The van der Waals surface area contributed by atoms with Gasteiger partial charge in [0.15, 0.2) is 0 Å². The molecule has 160 valence electrons. The average Bonchev–Trinajstić information content (AvgIpc) is 3.06. The van der Waals surface area contributed by atoms with Crippen LogP contribution in [-0.4, -0.2) is 9.38 Å². The van der Waals surface area contributed by atoms with E-state index in [0.29, 0.717) is 16.3 Å². The molecule has 0 spiro atoms. The smallest absolute Gasteiger partial charge is 0.308 e. The molecular formula is C27H21F3N2. The number of pyridine rings is 2. The summed E-state index contributed by atoms with van der Waals surface area (Å²) in [7, 11) is 0. The number of nitrogens with zero attached hydrogens (tertiary/aromatic N) is 2. The first-order valence-electron chi connectivity index (χ1n) is 10.7. The Morgan fingerprint density at radius 2 is 1.56 bits per heavy atom. The number of aromatic nitrogens is 2. The summed E-state index contributed by atoms with van der Waals surface area (Å²) in [5, 5.41) is 3.17. The first-order chi connectivity index (χ1) is 15.1. The molecule has 3 aromatic heterocycles. The topological polar surface area (TPSA) is 17.3 Å². The summed E-state index contributed by atoms with van der Waals surface area (Å²) in [6, 6.07) is 14.6. The predicted molar refractivity (Wildman–Crippen MR) is 125 cm³/mol. The van der Waals surface area contributed by atoms with Gasteiger partial charge in [0.25, 0.3) is 0 Å². The zero-order valence-electron chi connectivity index (χ0n) is 18.2. The van der Waals surface area contributed by atoms with Crippen LogP contribution in [0.2, 0.25) is 0 Å². The number of benzene rings is 3. The van der Waals surface area contributed by atoms with E-state index in [-0.39, 0.29) is 10.8 Å². The highest BCUT2D eigenvalue weighted by Gasteiger charge is 2.36. The minimum atomic E-state index is -4.47. The Kier molecular flexibility index (Phi) is 3.58. The Morgan fingerprint density at radius 3 is 2.28 bits per heavy atom. The summed E-state index contributed by atoms with van der Waals surface area (Å²) >= 11 is 0. The van der Waals surface area contributed by atoms with Gasteiger partial charge in [-0.3, -0.25) is 4.98 Å². The standard InChI is InChI=1S/C27H21F3N2/c1-14-11-17-23-21-15(9-10-31-23)13-18(27(28,29)30)22-16-7-5-6-8-20(16)32(25(21)22)24(17)19(12-14)26(2,3)4/h5-13H,1-4H3. The molecule has 0 aliphatic rings. The molecule has 3 aromatic carbocycles. The lowest BCUT2D eigenvalue weighted by Crippen LogP contribution is -2.14. The van der Waals surface area contributed by atoms with Crippen molar-refractivity contribution in [2.45, 2.75) is 39.3 Å². The van der Waals surface area contributed by atoms with E-state index in [1.165, 1.54) is 6.07 Å². The first-order valence-corrected chi connectivity index (χ1v) is 10.7. The molecule has 0 saturated heterocycles. The largest absolute Gasteiger partial charge is 0.417 e. The monoisotopic (exact) mass is 430 g/mol. The average molecular weight is 430 g/mol. The third-order valence-corrected chi connectivity index (χ3v) is 6.51. The van der Waals surface area contributed by atoms with Crippen molar-refractivity contribution >= 4 is 49.0 Å². The second-order valence-electron chi connectivity index (χ2n) is 9.71. The highest BCUT2D eigenvalue weighted by atomic mass is 19.4. The molecular weight excluding hydrogens is 409 g/mol. The lowest BCUT2D eigenvalue weighted by molar-refractivity contribution is -0.136. The second kappa shape index (κ2) is 5.91. The molecule has 6 rings (SSSR count). The maximum atomic E-state index is 14.3. The molecule has 0 saturated carbocycles. The fourth-order valence-corrected chi connectivity index (χ4v) is 5.25. The molecule has 0 aliphatic heterocycles. The van der Waals surface area contributed by atoms with Gasteiger partial charge in [-0.1, -0.05) is 50.6 Å². The van der Waals surface area contributed by atoms with Crippen molar-refractivity contribution in [3.05, 3.63) is 71.4 Å². The van der Waals surface area contributed by atoms with Crippen LogP contribution in [0, 0.1) is 6.92 Å². The van der Waals surface area contributed by atoms with Crippen LogP contribution < -0.4 is 0 Å². The molecule has 32 heavy (non-hydrogen) atoms. The van der Waals surface area contributed by atoms with Gasteiger partial charge in [-0.2, -0.15) is 13.2 Å². The minimum Gasteiger partial charge on any atom is -0.308 e. The molecule has 0 radical (unpaired) electrons. The van der Waals surface area contributed by atoms with Gasteiger partial charge in [-0.25, -0.2) is 0 Å². The van der Waals surface area contributed by atoms with E-state index >= 15 is 0 Å². The molecule has 0 amide bonds. The van der Waals surface area contributed by atoms with E-state index in [1.54, 1.807) is 24.4 Å². The highest BCUT2D eigenvalue weighted by molar-refractivity contribution is 6.28. The van der Waals surface area contributed by atoms with Gasteiger partial charge in [-0.05, 0) is 47.6 Å². The van der Waals surface area contributed by atoms with Gasteiger partial charge >= 0.3 is 6.18 Å². The molecule has 5 heteroatoms. The van der Waals surface area contributed by atoms with Gasteiger partial charge in [0.2, 0.25) is 0 Å². The Labute approximate surface area is 182 Å². The Balaban J connectivity index is 2.09. The third-order valence-electron chi connectivity index (χ3n) is 6.51. The van der Waals surface area contributed by atoms with Crippen LogP contribution in [0.1, 0.15) is 37.5 Å². The molecule has 0 unspecified atom stereocenters. The maximum absolute atomic E-state index is 14.3. The predicted octanol–water partition coefficient (Wildman–Crippen LogP) is 8.01.